The molecule has 113 valence electrons. The second-order valence-electron chi connectivity index (χ2n) is 3.59. The van der Waals surface area contributed by atoms with E-state index in [1.807, 2.05) is 0 Å². The predicted molar refractivity (Wildman–Crippen MR) is 61.5 cm³/mol. The number of carbonyl (C=O) groups is 2. The van der Waals surface area contributed by atoms with E-state index in [1.54, 1.807) is 0 Å². The Bertz CT molecular complexity index is 542. The van der Waals surface area contributed by atoms with Gasteiger partial charge in [-0.05, 0) is 35.4 Å². The van der Waals surface area contributed by atoms with E-state index < -0.39 is 23.6 Å². The molecule has 0 aliphatic heterocycles. The van der Waals surface area contributed by atoms with Gasteiger partial charge < -0.3 is 19.8 Å². The van der Waals surface area contributed by atoms with Crippen LogP contribution in [0.3, 0.4) is 0 Å². The summed E-state index contributed by atoms with van der Waals surface area (Å²) in [5.74, 6) is -3.49. The largest absolute Gasteiger partial charge is 2.00 e. The Morgan fingerprint density at radius 2 is 0.905 bits per heavy atom. The summed E-state index contributed by atoms with van der Waals surface area (Å²) < 4.78 is 24.3. The van der Waals surface area contributed by atoms with Crippen LogP contribution in [0.5, 0.6) is 0 Å². The fourth-order valence-electron chi connectivity index (χ4n) is 1.17. The third kappa shape index (κ3) is 6.65. The van der Waals surface area contributed by atoms with Gasteiger partial charge >= 0.3 is 17.1 Å². The van der Waals surface area contributed by atoms with Crippen LogP contribution in [0.1, 0.15) is 20.7 Å². The van der Waals surface area contributed by atoms with Crippen LogP contribution in [0.4, 0.5) is 8.78 Å². The number of benzene rings is 2. The normalized spacial score (nSPS) is 8.86. The summed E-state index contributed by atoms with van der Waals surface area (Å²) in [5.41, 5.74) is -0.0252. The van der Waals surface area contributed by atoms with Gasteiger partial charge in [0.2, 0.25) is 0 Å². The van der Waals surface area contributed by atoms with Gasteiger partial charge in [-0.3, -0.25) is 0 Å². The third-order valence-corrected chi connectivity index (χ3v) is 2.16. The maximum atomic E-state index is 12.1. The van der Waals surface area contributed by atoms with E-state index in [0.717, 1.165) is 48.5 Å². The second kappa shape index (κ2) is 8.84. The van der Waals surface area contributed by atoms with Crippen molar-refractivity contribution >= 4 is 11.9 Å². The molecule has 0 aliphatic rings. The molecule has 0 amide bonds. The summed E-state index contributed by atoms with van der Waals surface area (Å²) in [7, 11) is 0. The summed E-state index contributed by atoms with van der Waals surface area (Å²) in [5, 5.41) is 20.2. The average Bonchev–Trinajstić information content (AvgIpc) is 2.40. The molecule has 0 saturated carbocycles. The van der Waals surface area contributed by atoms with Crippen molar-refractivity contribution in [2.75, 3.05) is 0 Å². The van der Waals surface area contributed by atoms with Crippen LogP contribution < -0.4 is 10.2 Å². The first-order chi connectivity index (χ1) is 9.40. The molecule has 0 N–H and O–H groups in total. The van der Waals surface area contributed by atoms with E-state index in [1.165, 1.54) is 0 Å². The molecule has 2 aromatic carbocycles. The molecule has 0 heterocycles. The van der Waals surface area contributed by atoms with E-state index in [2.05, 4.69) is 0 Å². The van der Waals surface area contributed by atoms with Crippen LogP contribution in [-0.2, 0) is 17.1 Å². The first-order valence-electron chi connectivity index (χ1n) is 5.34. The van der Waals surface area contributed by atoms with Crippen molar-refractivity contribution in [1.29, 1.82) is 0 Å². The molecule has 0 atom stereocenters. The van der Waals surface area contributed by atoms with Crippen LogP contribution in [0.15, 0.2) is 48.5 Å². The Labute approximate surface area is 129 Å². The minimum atomic E-state index is -1.29. The molecule has 21 heavy (non-hydrogen) atoms. The van der Waals surface area contributed by atoms with Crippen LogP contribution in [-0.4, -0.2) is 11.9 Å². The average molecular weight is 342 g/mol. The van der Waals surface area contributed by atoms with Crippen molar-refractivity contribution in [3.8, 4) is 0 Å². The van der Waals surface area contributed by atoms with Gasteiger partial charge in [0.25, 0.3) is 0 Å². The molecule has 4 nitrogen and oxygen atoms in total. The van der Waals surface area contributed by atoms with Gasteiger partial charge in [0.05, 0.1) is 11.9 Å². The minimum Gasteiger partial charge on any atom is -0.545 e. The Kier molecular flexibility index (Phi) is 7.89. The van der Waals surface area contributed by atoms with Crippen molar-refractivity contribution in [2.45, 2.75) is 0 Å². The van der Waals surface area contributed by atoms with E-state index in [4.69, 9.17) is 0 Å². The topological polar surface area (TPSA) is 80.3 Å². The molecule has 0 unspecified atom stereocenters. The first kappa shape index (κ1) is 18.8. The molecule has 0 aromatic heterocycles. The third-order valence-electron chi connectivity index (χ3n) is 2.16. The monoisotopic (exact) mass is 341 g/mol. The number of rotatable bonds is 2. The van der Waals surface area contributed by atoms with E-state index in [-0.39, 0.29) is 28.2 Å². The Hall–Kier alpha value is -2.24. The standard InChI is InChI=1S/2C7H5FO2.Cu/c2*8-6-3-1-5(2-4-6)7(9)10;/h2*1-4H,(H,9,10);/q;;+2/p-2. The molecule has 7 heteroatoms. The molecule has 0 spiro atoms. The van der Waals surface area contributed by atoms with Crippen LogP contribution in [0.2, 0.25) is 0 Å². The number of carboxylic acids is 2. The van der Waals surface area contributed by atoms with Gasteiger partial charge in [-0.2, -0.15) is 0 Å². The smallest absolute Gasteiger partial charge is 0.545 e. The summed E-state index contributed by atoms with van der Waals surface area (Å²) in [6, 6.07) is 8.93. The number of aromatic carboxylic acids is 2. The molecule has 0 aliphatic carbocycles. The summed E-state index contributed by atoms with van der Waals surface area (Å²) in [6.07, 6.45) is 0. The number of hydrogen-bond acceptors (Lipinski definition) is 4. The zero-order valence-corrected chi connectivity index (χ0v) is 11.3. The van der Waals surface area contributed by atoms with Gasteiger partial charge in [-0.25, -0.2) is 8.78 Å². The van der Waals surface area contributed by atoms with Crippen molar-refractivity contribution in [3.05, 3.63) is 71.3 Å². The van der Waals surface area contributed by atoms with Crippen molar-refractivity contribution in [3.63, 3.8) is 0 Å². The molecular weight excluding hydrogens is 334 g/mol. The first-order valence-corrected chi connectivity index (χ1v) is 5.34. The van der Waals surface area contributed by atoms with Crippen LogP contribution >= 0.6 is 0 Å². The van der Waals surface area contributed by atoms with Crippen molar-refractivity contribution < 1.29 is 45.7 Å². The Balaban J connectivity index is 0.000000364. The zero-order chi connectivity index (χ0) is 15.1. The molecular formula is C14H8CuF2O4. The van der Waals surface area contributed by atoms with E-state index in [9.17, 15) is 28.6 Å². The summed E-state index contributed by atoms with van der Waals surface area (Å²) in [4.78, 5) is 20.2. The molecule has 0 fully saturated rings. The predicted octanol–water partition coefficient (Wildman–Crippen LogP) is 0.376. The van der Waals surface area contributed by atoms with Gasteiger partial charge in [0, 0.05) is 0 Å². The fourth-order valence-corrected chi connectivity index (χ4v) is 1.17. The molecule has 0 saturated heterocycles. The maximum absolute atomic E-state index is 12.1. The maximum Gasteiger partial charge on any atom is 2.00 e. The van der Waals surface area contributed by atoms with E-state index >= 15 is 0 Å². The summed E-state index contributed by atoms with van der Waals surface area (Å²) in [6.45, 7) is 0. The molecule has 2 rings (SSSR count). The quantitative estimate of drug-likeness (QED) is 0.739. The molecule has 1 radical (unpaired) electrons. The Morgan fingerprint density at radius 1 is 0.667 bits per heavy atom. The van der Waals surface area contributed by atoms with Gasteiger partial charge in [0.15, 0.2) is 0 Å². The zero-order valence-electron chi connectivity index (χ0n) is 10.3. The minimum absolute atomic E-state index is 0. The Morgan fingerprint density at radius 3 is 1.10 bits per heavy atom. The number of carbonyl (C=O) groups excluding carboxylic acids is 2. The van der Waals surface area contributed by atoms with Crippen molar-refractivity contribution in [1.82, 2.24) is 0 Å². The number of halogens is 2. The van der Waals surface area contributed by atoms with Crippen molar-refractivity contribution in [2.24, 2.45) is 0 Å². The summed E-state index contributed by atoms with van der Waals surface area (Å²) >= 11 is 0. The molecule has 0 bridgehead atoms. The van der Waals surface area contributed by atoms with Crippen LogP contribution in [0.25, 0.3) is 0 Å². The molecule has 2 aromatic rings. The fraction of sp³-hybridized carbons (Fsp3) is 0. The number of hydrogen-bond donors (Lipinski definition) is 0. The second-order valence-corrected chi connectivity index (χ2v) is 3.59. The SMILES string of the molecule is O=C([O-])c1ccc(F)cc1.O=C([O-])c1ccc(F)cc1.[Cu+2]. The van der Waals surface area contributed by atoms with Gasteiger partial charge in [-0.1, -0.05) is 24.3 Å². The van der Waals surface area contributed by atoms with Gasteiger partial charge in [-0.15, -0.1) is 0 Å². The van der Waals surface area contributed by atoms with Crippen LogP contribution in [0, 0.1) is 11.6 Å². The number of carboxylic acid groups (broad SMARTS) is 2. The van der Waals surface area contributed by atoms with E-state index in [0.29, 0.717) is 0 Å². The van der Waals surface area contributed by atoms with Gasteiger partial charge in [0.1, 0.15) is 11.6 Å².